The Morgan fingerprint density at radius 2 is 2.06 bits per heavy atom. The normalized spacial score (nSPS) is 30.8. The van der Waals surface area contributed by atoms with E-state index in [1.54, 1.807) is 11.3 Å². The lowest BCUT2D eigenvalue weighted by Gasteiger charge is -2.37. The Bertz CT molecular complexity index is 769. The minimum absolute atomic E-state index is 0.0159. The molecule has 2 aliphatic carbocycles. The van der Waals surface area contributed by atoms with Gasteiger partial charge in [-0.15, -0.1) is 0 Å². The SMILES string of the molecule is CCO[C@@H]1OC(C(=O)NC2CC3CCC2C3)=C[C@H](c2ccsc2)C1CCOCCOCCO. The number of hydrogen-bond donors (Lipinski definition) is 2. The molecular weight excluding hydrogens is 442 g/mol. The second-order valence-electron chi connectivity index (χ2n) is 9.21. The Labute approximate surface area is 200 Å². The summed E-state index contributed by atoms with van der Waals surface area (Å²) in [5.41, 5.74) is 1.18. The van der Waals surface area contributed by atoms with Crippen LogP contribution in [0.4, 0.5) is 0 Å². The first kappa shape index (κ1) is 24.7. The molecule has 0 aromatic carbocycles. The van der Waals surface area contributed by atoms with E-state index in [0.29, 0.717) is 44.7 Å². The summed E-state index contributed by atoms with van der Waals surface area (Å²) in [7, 11) is 0. The second kappa shape index (κ2) is 12.3. The highest BCUT2D eigenvalue weighted by Crippen LogP contribution is 2.45. The number of thiophene rings is 1. The van der Waals surface area contributed by atoms with Gasteiger partial charge in [0.15, 0.2) is 5.76 Å². The van der Waals surface area contributed by atoms with E-state index >= 15 is 0 Å². The summed E-state index contributed by atoms with van der Waals surface area (Å²) < 4.78 is 23.1. The van der Waals surface area contributed by atoms with E-state index in [4.69, 9.17) is 24.1 Å². The average Bonchev–Trinajstić information content (AvgIpc) is 3.58. The van der Waals surface area contributed by atoms with Crippen molar-refractivity contribution in [3.63, 3.8) is 0 Å². The largest absolute Gasteiger partial charge is 0.459 e. The quantitative estimate of drug-likeness (QED) is 0.422. The number of allylic oxidation sites excluding steroid dienone is 1. The van der Waals surface area contributed by atoms with E-state index in [1.165, 1.54) is 24.8 Å². The van der Waals surface area contributed by atoms with Gasteiger partial charge in [0.2, 0.25) is 6.29 Å². The molecule has 0 saturated heterocycles. The first-order valence-corrected chi connectivity index (χ1v) is 13.2. The van der Waals surface area contributed by atoms with Crippen LogP contribution < -0.4 is 5.32 Å². The molecule has 1 aliphatic heterocycles. The Balaban J connectivity index is 1.41. The van der Waals surface area contributed by atoms with E-state index < -0.39 is 6.29 Å². The van der Waals surface area contributed by atoms with E-state index in [2.05, 4.69) is 22.1 Å². The van der Waals surface area contributed by atoms with Crippen LogP contribution in [0.1, 0.15) is 50.5 Å². The van der Waals surface area contributed by atoms with Gasteiger partial charge >= 0.3 is 0 Å². The summed E-state index contributed by atoms with van der Waals surface area (Å²) in [5.74, 6) is 1.71. The lowest BCUT2D eigenvalue weighted by molar-refractivity contribution is -0.168. The van der Waals surface area contributed by atoms with Crippen LogP contribution in [0.25, 0.3) is 0 Å². The molecule has 0 spiro atoms. The fraction of sp³-hybridized carbons (Fsp3) is 0.720. The van der Waals surface area contributed by atoms with Crippen molar-refractivity contribution in [2.45, 2.75) is 57.3 Å². The number of ether oxygens (including phenoxy) is 4. The molecule has 4 unspecified atom stereocenters. The van der Waals surface area contributed by atoms with Crippen LogP contribution >= 0.6 is 11.3 Å². The zero-order valence-corrected chi connectivity index (χ0v) is 20.3. The van der Waals surface area contributed by atoms with Crippen molar-refractivity contribution < 1.29 is 28.8 Å². The molecular formula is C25H37NO6S. The number of fused-ring (bicyclic) bond motifs is 2. The summed E-state index contributed by atoms with van der Waals surface area (Å²) in [6.07, 6.45) is 7.09. The molecule has 7 nitrogen and oxygen atoms in total. The minimum atomic E-state index is -0.500. The number of hydrogen-bond acceptors (Lipinski definition) is 7. The van der Waals surface area contributed by atoms with E-state index in [9.17, 15) is 4.79 Å². The highest BCUT2D eigenvalue weighted by Gasteiger charge is 2.42. The topological polar surface area (TPSA) is 86.3 Å². The fourth-order valence-electron chi connectivity index (χ4n) is 5.55. The number of carbonyl (C=O) groups is 1. The molecule has 1 amide bonds. The van der Waals surface area contributed by atoms with Crippen LogP contribution in [0.2, 0.25) is 0 Å². The molecule has 3 aliphatic rings. The number of amides is 1. The third-order valence-corrected chi connectivity index (χ3v) is 7.83. The van der Waals surface area contributed by atoms with Crippen molar-refractivity contribution in [3.8, 4) is 0 Å². The average molecular weight is 480 g/mol. The van der Waals surface area contributed by atoms with E-state index in [-0.39, 0.29) is 30.4 Å². The lowest BCUT2D eigenvalue weighted by Crippen LogP contribution is -2.43. The van der Waals surface area contributed by atoms with Crippen LogP contribution in [-0.2, 0) is 23.7 Å². The van der Waals surface area contributed by atoms with Gasteiger partial charge in [-0.3, -0.25) is 4.79 Å². The molecule has 1 aromatic heterocycles. The summed E-state index contributed by atoms with van der Waals surface area (Å²) in [6, 6.07) is 2.38. The summed E-state index contributed by atoms with van der Waals surface area (Å²) >= 11 is 1.65. The number of aliphatic hydroxyl groups excluding tert-OH is 1. The van der Waals surface area contributed by atoms with Gasteiger partial charge in [0.25, 0.3) is 5.91 Å². The first-order chi connectivity index (χ1) is 16.2. The van der Waals surface area contributed by atoms with Crippen LogP contribution in [-0.4, -0.2) is 63.0 Å². The molecule has 2 N–H and O–H groups in total. The predicted octanol–water partition coefficient (Wildman–Crippen LogP) is 3.45. The zero-order valence-electron chi connectivity index (χ0n) is 19.4. The van der Waals surface area contributed by atoms with Gasteiger partial charge < -0.3 is 29.4 Å². The van der Waals surface area contributed by atoms with Gasteiger partial charge in [0.05, 0.1) is 26.4 Å². The first-order valence-electron chi connectivity index (χ1n) is 12.3. The molecule has 2 heterocycles. The van der Waals surface area contributed by atoms with Gasteiger partial charge in [-0.05, 0) is 72.9 Å². The lowest BCUT2D eigenvalue weighted by atomic mass is 9.82. The Morgan fingerprint density at radius 1 is 1.21 bits per heavy atom. The van der Waals surface area contributed by atoms with Crippen LogP contribution in [0, 0.1) is 17.8 Å². The van der Waals surface area contributed by atoms with Crippen LogP contribution in [0.3, 0.4) is 0 Å². The zero-order chi connectivity index (χ0) is 23.0. The molecule has 6 atom stereocenters. The fourth-order valence-corrected chi connectivity index (χ4v) is 6.26. The Morgan fingerprint density at radius 3 is 2.73 bits per heavy atom. The molecule has 33 heavy (non-hydrogen) atoms. The summed E-state index contributed by atoms with van der Waals surface area (Å²) in [4.78, 5) is 13.2. The maximum atomic E-state index is 13.2. The number of carbonyl (C=O) groups excluding carboxylic acids is 1. The Hall–Kier alpha value is -1.45. The Kier molecular flexibility index (Phi) is 9.20. The van der Waals surface area contributed by atoms with Crippen molar-refractivity contribution in [1.82, 2.24) is 5.32 Å². The van der Waals surface area contributed by atoms with Crippen molar-refractivity contribution in [1.29, 1.82) is 0 Å². The molecule has 2 fully saturated rings. The molecule has 184 valence electrons. The predicted molar refractivity (Wildman–Crippen MR) is 126 cm³/mol. The van der Waals surface area contributed by atoms with Crippen molar-refractivity contribution in [2.75, 3.05) is 39.6 Å². The minimum Gasteiger partial charge on any atom is -0.459 e. The smallest absolute Gasteiger partial charge is 0.286 e. The highest BCUT2D eigenvalue weighted by molar-refractivity contribution is 7.08. The van der Waals surface area contributed by atoms with Crippen molar-refractivity contribution in [2.24, 2.45) is 17.8 Å². The molecule has 1 aromatic rings. The maximum absolute atomic E-state index is 13.2. The maximum Gasteiger partial charge on any atom is 0.286 e. The van der Waals surface area contributed by atoms with E-state index in [1.807, 2.05) is 13.0 Å². The number of rotatable bonds is 13. The second-order valence-corrected chi connectivity index (χ2v) is 9.99. The van der Waals surface area contributed by atoms with Gasteiger partial charge in [-0.1, -0.05) is 6.42 Å². The standard InChI is InChI=1S/C25H37NO6S/c1-2-31-25-20(5-8-29-10-11-30-9-7-27)21(19-6-12-33-16-19)15-23(32-25)24(28)26-22-14-17-3-4-18(22)13-17/h6,12,15-18,20-22,25,27H,2-5,7-11,13-14H2,1H3,(H,26,28)/t17?,18?,20?,21-,22?,25-/m1/s1. The number of nitrogens with one attached hydrogen (secondary N) is 1. The summed E-state index contributed by atoms with van der Waals surface area (Å²) in [6.45, 7) is 4.27. The van der Waals surface area contributed by atoms with Crippen molar-refractivity contribution >= 4 is 17.2 Å². The highest BCUT2D eigenvalue weighted by atomic mass is 32.1. The van der Waals surface area contributed by atoms with Gasteiger partial charge in [0, 0.05) is 31.1 Å². The van der Waals surface area contributed by atoms with Crippen LogP contribution in [0.5, 0.6) is 0 Å². The van der Waals surface area contributed by atoms with E-state index in [0.717, 1.165) is 18.8 Å². The number of aliphatic hydroxyl groups is 1. The van der Waals surface area contributed by atoms with Gasteiger partial charge in [-0.2, -0.15) is 11.3 Å². The van der Waals surface area contributed by atoms with Crippen LogP contribution in [0.15, 0.2) is 28.7 Å². The third-order valence-electron chi connectivity index (χ3n) is 7.13. The van der Waals surface area contributed by atoms with Crippen molar-refractivity contribution in [3.05, 3.63) is 34.2 Å². The van der Waals surface area contributed by atoms with Gasteiger partial charge in [-0.25, -0.2) is 0 Å². The monoisotopic (exact) mass is 479 g/mol. The molecule has 2 saturated carbocycles. The molecule has 0 radical (unpaired) electrons. The molecule has 4 rings (SSSR count). The third kappa shape index (κ3) is 6.36. The molecule has 2 bridgehead atoms. The summed E-state index contributed by atoms with van der Waals surface area (Å²) in [5, 5.41) is 16.2. The molecule has 8 heteroatoms. The van der Waals surface area contributed by atoms with Gasteiger partial charge in [0.1, 0.15) is 0 Å².